The molecule has 0 aliphatic rings. The van der Waals surface area contributed by atoms with E-state index in [-0.39, 0.29) is 11.7 Å². The molecule has 0 aliphatic heterocycles. The molecule has 0 fully saturated rings. The van der Waals surface area contributed by atoms with Gasteiger partial charge in [0.2, 0.25) is 11.8 Å². The van der Waals surface area contributed by atoms with Gasteiger partial charge < -0.3 is 23.9 Å². The Labute approximate surface area is 172 Å². The van der Waals surface area contributed by atoms with Gasteiger partial charge in [0.05, 0.1) is 26.5 Å². The smallest absolute Gasteiger partial charge is 0.277 e. The van der Waals surface area contributed by atoms with Crippen LogP contribution < -0.4 is 19.5 Å². The van der Waals surface area contributed by atoms with Crippen molar-refractivity contribution in [2.45, 2.75) is 5.22 Å². The van der Waals surface area contributed by atoms with Crippen LogP contribution in [0.4, 0.5) is 0 Å². The Morgan fingerprint density at radius 1 is 1.03 bits per heavy atom. The lowest BCUT2D eigenvalue weighted by Gasteiger charge is -2.07. The van der Waals surface area contributed by atoms with Crippen molar-refractivity contribution in [1.29, 1.82) is 0 Å². The minimum absolute atomic E-state index is 0.144. The Balaban J connectivity index is 1.46. The monoisotopic (exact) mass is 415 g/mol. The molecule has 3 aromatic rings. The number of methoxy groups -OCH3 is 2. The SMILES string of the molecule is COc1cc(OC)cc(-c2nnc(SCC(=O)NCCOc3ccccc3)o2)c1. The number of carbonyl (C=O) groups excluding carboxylic acids is 1. The number of benzene rings is 2. The molecule has 9 heteroatoms. The molecule has 3 rings (SSSR count). The van der Waals surface area contributed by atoms with Gasteiger partial charge in [-0.05, 0) is 24.3 Å². The second-order valence-electron chi connectivity index (χ2n) is 5.77. The predicted octanol–water partition coefficient (Wildman–Crippen LogP) is 3.04. The van der Waals surface area contributed by atoms with Crippen LogP contribution in [0.5, 0.6) is 17.2 Å². The molecular weight excluding hydrogens is 394 g/mol. The number of ether oxygens (including phenoxy) is 3. The van der Waals surface area contributed by atoms with Crippen LogP contribution in [-0.2, 0) is 4.79 Å². The molecule has 152 valence electrons. The highest BCUT2D eigenvalue weighted by Gasteiger charge is 2.13. The standard InChI is InChI=1S/C20H21N3O5S/c1-25-16-10-14(11-17(12-16)26-2)19-22-23-20(28-19)29-13-18(24)21-8-9-27-15-6-4-3-5-7-15/h3-7,10-12H,8-9,13H2,1-2H3,(H,21,24). The molecular formula is C20H21N3O5S. The molecule has 1 N–H and O–H groups in total. The second-order valence-corrected chi connectivity index (χ2v) is 6.70. The Morgan fingerprint density at radius 3 is 2.45 bits per heavy atom. The lowest BCUT2D eigenvalue weighted by molar-refractivity contribution is -0.118. The van der Waals surface area contributed by atoms with E-state index in [0.29, 0.717) is 41.3 Å². The summed E-state index contributed by atoms with van der Waals surface area (Å²) >= 11 is 1.16. The van der Waals surface area contributed by atoms with Gasteiger partial charge in [-0.2, -0.15) is 0 Å². The average molecular weight is 415 g/mol. The first-order chi connectivity index (χ1) is 14.2. The summed E-state index contributed by atoms with van der Waals surface area (Å²) in [7, 11) is 3.13. The minimum Gasteiger partial charge on any atom is -0.497 e. The third kappa shape index (κ3) is 6.15. The van der Waals surface area contributed by atoms with Crippen molar-refractivity contribution in [3.05, 3.63) is 48.5 Å². The highest BCUT2D eigenvalue weighted by molar-refractivity contribution is 7.99. The van der Waals surface area contributed by atoms with E-state index in [2.05, 4.69) is 15.5 Å². The van der Waals surface area contributed by atoms with E-state index in [1.54, 1.807) is 32.4 Å². The molecule has 8 nitrogen and oxygen atoms in total. The number of rotatable bonds is 10. The number of nitrogens with one attached hydrogen (secondary N) is 1. The summed E-state index contributed by atoms with van der Waals surface area (Å²) in [4.78, 5) is 12.0. The number of carbonyl (C=O) groups is 1. The Bertz CT molecular complexity index is 911. The third-order valence-electron chi connectivity index (χ3n) is 3.77. The van der Waals surface area contributed by atoms with Gasteiger partial charge in [0, 0.05) is 11.6 Å². The van der Waals surface area contributed by atoms with Gasteiger partial charge in [-0.3, -0.25) is 4.79 Å². The van der Waals surface area contributed by atoms with Crippen molar-refractivity contribution in [3.63, 3.8) is 0 Å². The van der Waals surface area contributed by atoms with Crippen LogP contribution in [0.25, 0.3) is 11.5 Å². The molecule has 0 bridgehead atoms. The van der Waals surface area contributed by atoms with Crippen LogP contribution in [-0.4, -0.2) is 49.2 Å². The summed E-state index contributed by atoms with van der Waals surface area (Å²) in [6, 6.07) is 14.7. The lowest BCUT2D eigenvalue weighted by Crippen LogP contribution is -2.29. The van der Waals surface area contributed by atoms with Gasteiger partial charge in [0.1, 0.15) is 23.9 Å². The normalized spacial score (nSPS) is 10.4. The summed E-state index contributed by atoms with van der Waals surface area (Å²) in [6.07, 6.45) is 0. The molecule has 2 aromatic carbocycles. The summed E-state index contributed by atoms with van der Waals surface area (Å²) in [6.45, 7) is 0.801. The molecule has 1 amide bonds. The fraction of sp³-hybridized carbons (Fsp3) is 0.250. The van der Waals surface area contributed by atoms with E-state index < -0.39 is 0 Å². The molecule has 1 aromatic heterocycles. The van der Waals surface area contributed by atoms with E-state index in [1.165, 1.54) is 0 Å². The predicted molar refractivity (Wildman–Crippen MR) is 109 cm³/mol. The van der Waals surface area contributed by atoms with Crippen LogP contribution in [0.1, 0.15) is 0 Å². The van der Waals surface area contributed by atoms with Gasteiger partial charge in [-0.25, -0.2) is 0 Å². The first kappa shape index (κ1) is 20.5. The van der Waals surface area contributed by atoms with E-state index in [4.69, 9.17) is 18.6 Å². The number of para-hydroxylation sites is 1. The third-order valence-corrected chi connectivity index (χ3v) is 4.59. The molecule has 0 aliphatic carbocycles. The van der Waals surface area contributed by atoms with E-state index in [1.807, 2.05) is 30.3 Å². The maximum Gasteiger partial charge on any atom is 0.277 e. The zero-order valence-electron chi connectivity index (χ0n) is 16.1. The maximum atomic E-state index is 12.0. The highest BCUT2D eigenvalue weighted by atomic mass is 32.2. The first-order valence-electron chi connectivity index (χ1n) is 8.82. The van der Waals surface area contributed by atoms with Crippen molar-refractivity contribution < 1.29 is 23.4 Å². The summed E-state index contributed by atoms with van der Waals surface area (Å²) in [5.74, 6) is 2.33. The van der Waals surface area contributed by atoms with Gasteiger partial charge in [0.25, 0.3) is 5.22 Å². The number of hydrogen-bond donors (Lipinski definition) is 1. The topological polar surface area (TPSA) is 95.7 Å². The lowest BCUT2D eigenvalue weighted by atomic mass is 10.2. The Morgan fingerprint density at radius 2 is 1.76 bits per heavy atom. The Kier molecular flexibility index (Phi) is 7.34. The maximum absolute atomic E-state index is 12.0. The fourth-order valence-electron chi connectivity index (χ4n) is 2.37. The molecule has 0 spiro atoms. The van der Waals surface area contributed by atoms with Gasteiger partial charge >= 0.3 is 0 Å². The summed E-state index contributed by atoms with van der Waals surface area (Å²) < 4.78 is 21.6. The molecule has 0 saturated carbocycles. The number of nitrogens with zero attached hydrogens (tertiary/aromatic N) is 2. The number of thioether (sulfide) groups is 1. The second kappa shape index (κ2) is 10.4. The van der Waals surface area contributed by atoms with Crippen LogP contribution in [0.15, 0.2) is 58.2 Å². The highest BCUT2D eigenvalue weighted by Crippen LogP contribution is 2.30. The van der Waals surface area contributed by atoms with Crippen molar-refractivity contribution >= 4 is 17.7 Å². The average Bonchev–Trinajstić information content (AvgIpc) is 3.25. The Hall–Kier alpha value is -3.20. The van der Waals surface area contributed by atoms with Crippen molar-refractivity contribution in [1.82, 2.24) is 15.5 Å². The fourth-order valence-corrected chi connectivity index (χ4v) is 2.96. The minimum atomic E-state index is -0.144. The van der Waals surface area contributed by atoms with Crippen molar-refractivity contribution in [2.75, 3.05) is 33.1 Å². The molecule has 0 radical (unpaired) electrons. The zero-order valence-corrected chi connectivity index (χ0v) is 16.9. The first-order valence-corrected chi connectivity index (χ1v) is 9.81. The van der Waals surface area contributed by atoms with Crippen LogP contribution in [0, 0.1) is 0 Å². The zero-order chi connectivity index (χ0) is 20.5. The van der Waals surface area contributed by atoms with Gasteiger partial charge in [0.15, 0.2) is 0 Å². The quantitative estimate of drug-likeness (QED) is 0.399. The van der Waals surface area contributed by atoms with Crippen LogP contribution in [0.2, 0.25) is 0 Å². The molecule has 1 heterocycles. The van der Waals surface area contributed by atoms with E-state index in [0.717, 1.165) is 17.5 Å². The number of aromatic nitrogens is 2. The van der Waals surface area contributed by atoms with E-state index in [9.17, 15) is 4.79 Å². The largest absolute Gasteiger partial charge is 0.497 e. The number of amides is 1. The van der Waals surface area contributed by atoms with Crippen molar-refractivity contribution in [2.24, 2.45) is 0 Å². The van der Waals surface area contributed by atoms with E-state index >= 15 is 0 Å². The summed E-state index contributed by atoms with van der Waals surface area (Å²) in [5.41, 5.74) is 0.670. The van der Waals surface area contributed by atoms with Crippen LogP contribution >= 0.6 is 11.8 Å². The molecule has 0 unspecified atom stereocenters. The van der Waals surface area contributed by atoms with Crippen LogP contribution in [0.3, 0.4) is 0 Å². The van der Waals surface area contributed by atoms with Crippen molar-refractivity contribution in [3.8, 4) is 28.7 Å². The van der Waals surface area contributed by atoms with Gasteiger partial charge in [-0.1, -0.05) is 30.0 Å². The molecule has 29 heavy (non-hydrogen) atoms. The molecule has 0 atom stereocenters. The molecule has 0 saturated heterocycles. The summed E-state index contributed by atoms with van der Waals surface area (Å²) in [5, 5.41) is 11.1. The number of hydrogen-bond acceptors (Lipinski definition) is 8. The van der Waals surface area contributed by atoms with Gasteiger partial charge in [-0.15, -0.1) is 10.2 Å².